The van der Waals surface area contributed by atoms with Gasteiger partial charge in [-0.25, -0.2) is 9.59 Å². The van der Waals surface area contributed by atoms with Crippen LogP contribution in [0.5, 0.6) is 0 Å². The number of carbonyl (C=O) groups is 2. The summed E-state index contributed by atoms with van der Waals surface area (Å²) in [5.41, 5.74) is 2.73. The maximum atomic E-state index is 11.1. The molecule has 1 aromatic carbocycles. The van der Waals surface area contributed by atoms with Crippen molar-refractivity contribution in [2.45, 2.75) is 6.92 Å². The van der Waals surface area contributed by atoms with E-state index in [1.807, 2.05) is 25.1 Å². The molecule has 0 aliphatic carbocycles. The van der Waals surface area contributed by atoms with Crippen LogP contribution in [-0.2, 0) is 19.1 Å². The van der Waals surface area contributed by atoms with Gasteiger partial charge in [-0.3, -0.25) is 0 Å². The highest BCUT2D eigenvalue weighted by Gasteiger charge is 2.01. The van der Waals surface area contributed by atoms with Gasteiger partial charge in [0.15, 0.2) is 0 Å². The van der Waals surface area contributed by atoms with Crippen LogP contribution in [0.4, 0.5) is 0 Å². The molecule has 0 saturated heterocycles. The van der Waals surface area contributed by atoms with Crippen molar-refractivity contribution in [3.8, 4) is 0 Å². The summed E-state index contributed by atoms with van der Waals surface area (Å²) in [6.45, 7) is 1.91. The molecule has 0 N–H and O–H groups in total. The molecule has 0 aliphatic heterocycles. The van der Waals surface area contributed by atoms with Crippen molar-refractivity contribution in [1.29, 1.82) is 0 Å². The van der Waals surface area contributed by atoms with Gasteiger partial charge in [0, 0.05) is 12.2 Å². The molecular weight excluding hydrogens is 244 g/mol. The lowest BCUT2D eigenvalue weighted by Gasteiger charge is -2.04. The summed E-state index contributed by atoms with van der Waals surface area (Å²) >= 11 is 0. The molecule has 100 valence electrons. The van der Waals surface area contributed by atoms with Crippen molar-refractivity contribution in [3.63, 3.8) is 0 Å². The second-order valence-corrected chi connectivity index (χ2v) is 3.77. The molecule has 0 heterocycles. The van der Waals surface area contributed by atoms with E-state index in [2.05, 4.69) is 9.47 Å². The van der Waals surface area contributed by atoms with E-state index >= 15 is 0 Å². The highest BCUT2D eigenvalue weighted by Crippen LogP contribution is 2.16. The van der Waals surface area contributed by atoms with E-state index in [0.717, 1.165) is 16.7 Å². The highest BCUT2D eigenvalue weighted by atomic mass is 16.5. The maximum absolute atomic E-state index is 11.1. The first-order valence-electron chi connectivity index (χ1n) is 5.70. The predicted octanol–water partition coefficient (Wildman–Crippen LogP) is 2.37. The summed E-state index contributed by atoms with van der Waals surface area (Å²) in [6, 6.07) is 5.61. The van der Waals surface area contributed by atoms with Crippen LogP contribution in [0.3, 0.4) is 0 Å². The number of ether oxygens (including phenoxy) is 2. The third-order valence-electron chi connectivity index (χ3n) is 2.62. The summed E-state index contributed by atoms with van der Waals surface area (Å²) in [4.78, 5) is 22.1. The average molecular weight is 260 g/mol. The normalized spacial score (nSPS) is 10.9. The zero-order valence-corrected chi connectivity index (χ0v) is 11.2. The van der Waals surface area contributed by atoms with Gasteiger partial charge in [-0.1, -0.05) is 18.2 Å². The molecule has 1 rings (SSSR count). The fraction of sp³-hybridized carbons (Fsp3) is 0.200. The Bertz CT molecular complexity index is 483. The Balaban J connectivity index is 2.98. The number of carbonyl (C=O) groups excluding carboxylic acids is 2. The Morgan fingerprint density at radius 3 is 1.74 bits per heavy atom. The van der Waals surface area contributed by atoms with Crippen LogP contribution in [0.1, 0.15) is 16.7 Å². The molecule has 4 nitrogen and oxygen atoms in total. The molecule has 0 saturated carbocycles. The lowest BCUT2D eigenvalue weighted by atomic mass is 10.0. The fourth-order valence-electron chi connectivity index (χ4n) is 1.48. The second-order valence-electron chi connectivity index (χ2n) is 3.77. The first-order chi connectivity index (χ1) is 9.08. The smallest absolute Gasteiger partial charge is 0.330 e. The van der Waals surface area contributed by atoms with Gasteiger partial charge in [0.05, 0.1) is 14.2 Å². The molecule has 4 heteroatoms. The van der Waals surface area contributed by atoms with Crippen molar-refractivity contribution in [3.05, 3.63) is 47.0 Å². The molecule has 0 fully saturated rings. The minimum absolute atomic E-state index is 0.407. The molecule has 0 bridgehead atoms. The first-order valence-corrected chi connectivity index (χ1v) is 5.70. The lowest BCUT2D eigenvalue weighted by Crippen LogP contribution is -1.95. The molecule has 0 atom stereocenters. The summed E-state index contributed by atoms with van der Waals surface area (Å²) in [5, 5.41) is 0. The first kappa shape index (κ1) is 14.7. The zero-order chi connectivity index (χ0) is 14.3. The summed E-state index contributed by atoms with van der Waals surface area (Å²) in [7, 11) is 2.66. The Hall–Kier alpha value is -2.36. The summed E-state index contributed by atoms with van der Waals surface area (Å²) in [6.07, 6.45) is 6.07. The molecule has 0 aliphatic rings. The maximum Gasteiger partial charge on any atom is 0.330 e. The number of esters is 2. The van der Waals surface area contributed by atoms with Crippen molar-refractivity contribution in [1.82, 2.24) is 0 Å². The van der Waals surface area contributed by atoms with E-state index in [-0.39, 0.29) is 0 Å². The van der Waals surface area contributed by atoms with Gasteiger partial charge in [-0.15, -0.1) is 0 Å². The number of methoxy groups -OCH3 is 2. The third-order valence-corrected chi connectivity index (χ3v) is 2.62. The number of hydrogen-bond acceptors (Lipinski definition) is 4. The van der Waals surface area contributed by atoms with E-state index in [0.29, 0.717) is 0 Å². The topological polar surface area (TPSA) is 52.6 Å². The summed E-state index contributed by atoms with van der Waals surface area (Å²) in [5.74, 6) is -0.815. The van der Waals surface area contributed by atoms with E-state index in [9.17, 15) is 9.59 Å². The summed E-state index contributed by atoms with van der Waals surface area (Å²) < 4.78 is 9.07. The largest absolute Gasteiger partial charge is 0.466 e. The molecular formula is C15H16O4. The minimum Gasteiger partial charge on any atom is -0.466 e. The van der Waals surface area contributed by atoms with Gasteiger partial charge in [0.1, 0.15) is 0 Å². The lowest BCUT2D eigenvalue weighted by molar-refractivity contribution is -0.135. The molecule has 0 unspecified atom stereocenters. The number of hydrogen-bond donors (Lipinski definition) is 0. The Labute approximate surface area is 112 Å². The molecule has 19 heavy (non-hydrogen) atoms. The van der Waals surface area contributed by atoms with Gasteiger partial charge in [0.25, 0.3) is 0 Å². The van der Waals surface area contributed by atoms with Crippen molar-refractivity contribution < 1.29 is 19.1 Å². The van der Waals surface area contributed by atoms with Crippen LogP contribution in [0, 0.1) is 6.92 Å². The zero-order valence-electron chi connectivity index (χ0n) is 11.2. The van der Waals surface area contributed by atoms with Gasteiger partial charge in [-0.05, 0) is 35.8 Å². The van der Waals surface area contributed by atoms with Crippen LogP contribution in [0.15, 0.2) is 30.4 Å². The Kier molecular flexibility index (Phi) is 5.54. The molecule has 0 radical (unpaired) electrons. The van der Waals surface area contributed by atoms with E-state index < -0.39 is 11.9 Å². The Morgan fingerprint density at radius 1 is 0.947 bits per heavy atom. The van der Waals surface area contributed by atoms with Crippen molar-refractivity contribution in [2.24, 2.45) is 0 Å². The number of rotatable bonds is 4. The second kappa shape index (κ2) is 7.16. The SMILES string of the molecule is COC(=O)C=Cc1cccc(C=CC(=O)OC)c1C. The van der Waals surface area contributed by atoms with Crippen molar-refractivity contribution >= 4 is 24.1 Å². The van der Waals surface area contributed by atoms with Gasteiger partial charge in [0.2, 0.25) is 0 Å². The average Bonchev–Trinajstić information content (AvgIpc) is 2.44. The van der Waals surface area contributed by atoms with Crippen LogP contribution < -0.4 is 0 Å². The monoisotopic (exact) mass is 260 g/mol. The van der Waals surface area contributed by atoms with Gasteiger partial charge in [-0.2, -0.15) is 0 Å². The number of benzene rings is 1. The Morgan fingerprint density at radius 2 is 1.37 bits per heavy atom. The standard InChI is InChI=1S/C15H16O4/c1-11-12(7-9-14(16)18-2)5-4-6-13(11)8-10-15(17)19-3/h4-10H,1-3H3. The van der Waals surface area contributed by atoms with Crippen molar-refractivity contribution in [2.75, 3.05) is 14.2 Å². The molecule has 0 aromatic heterocycles. The predicted molar refractivity (Wildman–Crippen MR) is 73.3 cm³/mol. The van der Waals surface area contributed by atoms with E-state index in [1.165, 1.54) is 26.4 Å². The minimum atomic E-state index is -0.407. The van der Waals surface area contributed by atoms with Gasteiger partial charge >= 0.3 is 11.9 Å². The molecule has 0 spiro atoms. The quantitative estimate of drug-likeness (QED) is 0.616. The molecule has 1 aromatic rings. The van der Waals surface area contributed by atoms with Crippen LogP contribution in [-0.4, -0.2) is 26.2 Å². The fourth-order valence-corrected chi connectivity index (χ4v) is 1.48. The third kappa shape index (κ3) is 4.43. The van der Waals surface area contributed by atoms with Crippen LogP contribution in [0.2, 0.25) is 0 Å². The van der Waals surface area contributed by atoms with Gasteiger partial charge < -0.3 is 9.47 Å². The van der Waals surface area contributed by atoms with Crippen LogP contribution in [0.25, 0.3) is 12.2 Å². The highest BCUT2D eigenvalue weighted by molar-refractivity contribution is 5.89. The van der Waals surface area contributed by atoms with Crippen LogP contribution >= 0.6 is 0 Å². The van der Waals surface area contributed by atoms with E-state index in [1.54, 1.807) is 12.2 Å². The van der Waals surface area contributed by atoms with E-state index in [4.69, 9.17) is 0 Å². The molecule has 0 amide bonds.